The molecule has 27 heavy (non-hydrogen) atoms. The molecule has 4 saturated carbocycles. The number of carbonyl (C=O) groups is 2. The summed E-state index contributed by atoms with van der Waals surface area (Å²) < 4.78 is 5.90. The van der Waals surface area contributed by atoms with Crippen molar-refractivity contribution >= 4 is 23.5 Å². The first kappa shape index (κ1) is 16.4. The first-order chi connectivity index (χ1) is 12.7. The predicted molar refractivity (Wildman–Crippen MR) is 100 cm³/mol. The lowest BCUT2D eigenvalue weighted by atomic mass is 9.47. The molecular weight excluding hydrogens is 362 g/mol. The monoisotopic (exact) mass is 385 g/mol. The number of rotatable bonds is 3. The summed E-state index contributed by atoms with van der Waals surface area (Å²) in [4.78, 5) is 26.1. The van der Waals surface area contributed by atoms with Crippen LogP contribution in [0.2, 0.25) is 5.02 Å². The number of hydrogen-bond donors (Lipinski definition) is 1. The van der Waals surface area contributed by atoms with Crippen molar-refractivity contribution in [2.24, 2.45) is 21.7 Å². The molecule has 1 N–H and O–H groups in total. The van der Waals surface area contributed by atoms with E-state index in [2.05, 4.69) is 19.2 Å². The number of ether oxygens (including phenoxy) is 1. The molecule has 4 nitrogen and oxygen atoms in total. The highest BCUT2D eigenvalue weighted by Crippen LogP contribution is 3.07. The summed E-state index contributed by atoms with van der Waals surface area (Å²) in [6.45, 7) is 6.49. The Bertz CT molecular complexity index is 920. The summed E-state index contributed by atoms with van der Waals surface area (Å²) in [5, 5.41) is 3.98. The molecule has 0 radical (unpaired) electrons. The Balaban J connectivity index is 1.27. The quantitative estimate of drug-likeness (QED) is 0.804. The molecule has 0 bridgehead atoms. The molecule has 1 heterocycles. The van der Waals surface area contributed by atoms with Gasteiger partial charge in [-0.15, -0.1) is 0 Å². The average molecular weight is 386 g/mol. The molecular formula is C22H24ClNO3. The van der Waals surface area contributed by atoms with E-state index >= 15 is 0 Å². The summed E-state index contributed by atoms with van der Waals surface area (Å²) in [6, 6.07) is 7.99. The maximum Gasteiger partial charge on any atom is 0.313 e. The van der Waals surface area contributed by atoms with Crippen LogP contribution < -0.4 is 5.32 Å². The summed E-state index contributed by atoms with van der Waals surface area (Å²) in [7, 11) is 0. The van der Waals surface area contributed by atoms with Gasteiger partial charge < -0.3 is 10.1 Å². The van der Waals surface area contributed by atoms with Gasteiger partial charge in [-0.05, 0) is 54.7 Å². The minimum atomic E-state index is -0.944. The minimum absolute atomic E-state index is 0.0629. The molecule has 7 atom stereocenters. The average Bonchev–Trinajstić information content (AvgIpc) is 2.79. The van der Waals surface area contributed by atoms with Gasteiger partial charge in [0.1, 0.15) is 0 Å². The Hall–Kier alpha value is -1.55. The third-order valence-corrected chi connectivity index (χ3v) is 9.78. The lowest BCUT2D eigenvalue weighted by Crippen LogP contribution is -2.67. The standard InChI is InChI=1S/C22H24ClNO3/c1-18-10-19(2)20(3)11-21(22(18,19)20,27-17(18)26)16(25)24-15-9-8-14(15)12-4-6-13(23)7-5-12/h4-7,14-15H,8-11H2,1-3H3,(H,24,25)/t14-,15?,18-,19?,20?,21+,22?/m0/s1. The number of amides is 1. The Morgan fingerprint density at radius 1 is 1.11 bits per heavy atom. The van der Waals surface area contributed by atoms with Crippen LogP contribution in [0, 0.1) is 21.7 Å². The number of halogens is 1. The summed E-state index contributed by atoms with van der Waals surface area (Å²) in [6.07, 6.45) is 3.53. The highest BCUT2D eigenvalue weighted by molar-refractivity contribution is 6.30. The number of esters is 1. The molecule has 4 unspecified atom stereocenters. The Kier molecular flexibility index (Phi) is 2.56. The van der Waals surface area contributed by atoms with Crippen molar-refractivity contribution in [1.82, 2.24) is 5.32 Å². The second-order valence-electron chi connectivity index (χ2n) is 10.1. The molecule has 6 rings (SSSR count). The molecule has 1 amide bonds. The number of nitrogens with one attached hydrogen (secondary N) is 1. The zero-order valence-corrected chi connectivity index (χ0v) is 16.7. The van der Waals surface area contributed by atoms with Crippen molar-refractivity contribution in [1.29, 1.82) is 0 Å². The van der Waals surface area contributed by atoms with Crippen LogP contribution in [0.4, 0.5) is 0 Å². The molecule has 0 aromatic heterocycles. The van der Waals surface area contributed by atoms with Gasteiger partial charge in [0.15, 0.2) is 5.60 Å². The van der Waals surface area contributed by atoms with Gasteiger partial charge in [-0.25, -0.2) is 0 Å². The van der Waals surface area contributed by atoms with Crippen molar-refractivity contribution in [3.05, 3.63) is 34.9 Å². The van der Waals surface area contributed by atoms with Crippen LogP contribution in [0.25, 0.3) is 0 Å². The third kappa shape index (κ3) is 1.30. The SMILES string of the molecule is CC12C[C@@]3(C)C(=O)O[C@@]4(C(=O)NC5CC[C@H]5c5ccc(Cl)cc5)CC1(C)C234. The summed E-state index contributed by atoms with van der Waals surface area (Å²) in [5.74, 6) is 0.0744. The smallest absolute Gasteiger partial charge is 0.313 e. The molecule has 1 aliphatic heterocycles. The number of carbonyl (C=O) groups excluding carboxylic acids is 2. The van der Waals surface area contributed by atoms with E-state index in [1.54, 1.807) is 0 Å². The van der Waals surface area contributed by atoms with E-state index in [0.29, 0.717) is 12.3 Å². The van der Waals surface area contributed by atoms with E-state index in [9.17, 15) is 9.59 Å². The van der Waals surface area contributed by atoms with E-state index in [4.69, 9.17) is 16.3 Å². The van der Waals surface area contributed by atoms with Crippen LogP contribution in [0.15, 0.2) is 24.3 Å². The van der Waals surface area contributed by atoms with Crippen LogP contribution in [0.3, 0.4) is 0 Å². The fraction of sp³-hybridized carbons (Fsp3) is 0.636. The molecule has 5 aliphatic rings. The van der Waals surface area contributed by atoms with E-state index in [1.807, 2.05) is 31.2 Å². The molecule has 1 aromatic rings. The zero-order chi connectivity index (χ0) is 19.0. The lowest BCUT2D eigenvalue weighted by Gasteiger charge is -2.53. The van der Waals surface area contributed by atoms with Crippen molar-refractivity contribution < 1.29 is 14.3 Å². The Labute approximate surface area is 164 Å². The normalized spacial score (nSPS) is 53.1. The van der Waals surface area contributed by atoms with Gasteiger partial charge in [-0.1, -0.05) is 37.6 Å². The van der Waals surface area contributed by atoms with Crippen LogP contribution in [-0.2, 0) is 14.3 Å². The van der Waals surface area contributed by atoms with E-state index in [0.717, 1.165) is 24.3 Å². The molecule has 1 spiro atoms. The highest BCUT2D eigenvalue weighted by Gasteiger charge is 3.12. The Morgan fingerprint density at radius 2 is 1.78 bits per heavy atom. The van der Waals surface area contributed by atoms with Crippen molar-refractivity contribution in [3.8, 4) is 0 Å². The molecule has 1 saturated heterocycles. The molecule has 5 fully saturated rings. The zero-order valence-electron chi connectivity index (χ0n) is 15.9. The third-order valence-electron chi connectivity index (χ3n) is 9.53. The van der Waals surface area contributed by atoms with Gasteiger partial charge in [0.25, 0.3) is 5.91 Å². The maximum absolute atomic E-state index is 13.4. The predicted octanol–water partition coefficient (Wildman–Crippen LogP) is 3.82. The first-order valence-electron chi connectivity index (χ1n) is 9.97. The summed E-state index contributed by atoms with van der Waals surface area (Å²) in [5.41, 5.74) is -0.387. The van der Waals surface area contributed by atoms with Crippen LogP contribution >= 0.6 is 11.6 Å². The van der Waals surface area contributed by atoms with Gasteiger partial charge in [-0.2, -0.15) is 0 Å². The van der Waals surface area contributed by atoms with E-state index in [1.165, 1.54) is 5.56 Å². The molecule has 142 valence electrons. The van der Waals surface area contributed by atoms with Gasteiger partial charge in [0, 0.05) is 28.8 Å². The molecule has 5 heteroatoms. The van der Waals surface area contributed by atoms with Gasteiger partial charge in [-0.3, -0.25) is 9.59 Å². The second-order valence-corrected chi connectivity index (χ2v) is 10.6. The molecule has 1 aromatic carbocycles. The summed E-state index contributed by atoms with van der Waals surface area (Å²) >= 11 is 6.00. The maximum atomic E-state index is 13.4. The van der Waals surface area contributed by atoms with E-state index in [-0.39, 0.29) is 34.2 Å². The second kappa shape index (κ2) is 4.22. The van der Waals surface area contributed by atoms with E-state index < -0.39 is 11.0 Å². The number of fused-ring (bicyclic) bond motifs is 1. The highest BCUT2D eigenvalue weighted by atomic mass is 35.5. The van der Waals surface area contributed by atoms with Gasteiger partial charge >= 0.3 is 5.97 Å². The minimum Gasteiger partial charge on any atom is -0.448 e. The van der Waals surface area contributed by atoms with Crippen molar-refractivity contribution in [2.75, 3.05) is 0 Å². The number of benzene rings is 1. The van der Waals surface area contributed by atoms with Crippen LogP contribution in [0.5, 0.6) is 0 Å². The first-order valence-corrected chi connectivity index (χ1v) is 10.3. The Morgan fingerprint density at radius 3 is 2.33 bits per heavy atom. The molecule has 4 aliphatic carbocycles. The van der Waals surface area contributed by atoms with Crippen molar-refractivity contribution in [3.63, 3.8) is 0 Å². The lowest BCUT2D eigenvalue weighted by molar-refractivity contribution is -0.178. The van der Waals surface area contributed by atoms with Crippen LogP contribution in [-0.4, -0.2) is 23.5 Å². The fourth-order valence-electron chi connectivity index (χ4n) is 8.51. The van der Waals surface area contributed by atoms with Gasteiger partial charge in [0.05, 0.1) is 5.41 Å². The van der Waals surface area contributed by atoms with Crippen molar-refractivity contribution in [2.45, 2.75) is 64.0 Å². The fourth-order valence-corrected chi connectivity index (χ4v) is 8.63. The topological polar surface area (TPSA) is 55.4 Å². The van der Waals surface area contributed by atoms with Gasteiger partial charge in [0.2, 0.25) is 0 Å². The van der Waals surface area contributed by atoms with Crippen LogP contribution in [0.1, 0.15) is 57.9 Å². The largest absolute Gasteiger partial charge is 0.448 e. The number of hydrogen-bond acceptors (Lipinski definition) is 3.